The van der Waals surface area contributed by atoms with Gasteiger partial charge in [-0.25, -0.2) is 4.98 Å². The number of nitriles is 1. The number of nitrogen functional groups attached to an aromatic ring is 1. The molecule has 0 aliphatic rings. The zero-order valence-corrected chi connectivity index (χ0v) is 6.33. The van der Waals surface area contributed by atoms with E-state index in [0.717, 1.165) is 11.1 Å². The van der Waals surface area contributed by atoms with Gasteiger partial charge in [-0.05, 0) is 18.6 Å². The zero-order chi connectivity index (χ0) is 8.27. The molecule has 3 heteroatoms. The van der Waals surface area contributed by atoms with Crippen molar-refractivity contribution in [3.05, 3.63) is 23.4 Å². The third-order valence-corrected chi connectivity index (χ3v) is 1.58. The van der Waals surface area contributed by atoms with Crippen LogP contribution in [0.25, 0.3) is 0 Å². The second-order valence-corrected chi connectivity index (χ2v) is 2.33. The van der Waals surface area contributed by atoms with Crippen molar-refractivity contribution in [1.29, 1.82) is 5.26 Å². The highest BCUT2D eigenvalue weighted by atomic mass is 14.8. The summed E-state index contributed by atoms with van der Waals surface area (Å²) in [7, 11) is 0. The normalized spacial score (nSPS) is 9.09. The first-order chi connectivity index (χ1) is 5.25. The molecular formula is C8H9N3. The fourth-order valence-electron chi connectivity index (χ4n) is 0.919. The maximum Gasteiger partial charge on any atom is 0.127 e. The minimum Gasteiger partial charge on any atom is -0.383 e. The number of aromatic nitrogens is 1. The monoisotopic (exact) mass is 147 g/mol. The summed E-state index contributed by atoms with van der Waals surface area (Å²) in [4.78, 5) is 3.89. The van der Waals surface area contributed by atoms with Gasteiger partial charge in [-0.1, -0.05) is 0 Å². The number of rotatable bonds is 1. The van der Waals surface area contributed by atoms with Crippen LogP contribution in [0.2, 0.25) is 0 Å². The lowest BCUT2D eigenvalue weighted by atomic mass is 10.1. The first-order valence-corrected chi connectivity index (χ1v) is 3.32. The van der Waals surface area contributed by atoms with E-state index < -0.39 is 0 Å². The summed E-state index contributed by atoms with van der Waals surface area (Å²) in [5, 5.41) is 8.44. The third-order valence-electron chi connectivity index (χ3n) is 1.58. The summed E-state index contributed by atoms with van der Waals surface area (Å²) in [6, 6.07) is 3.90. The molecule has 0 unspecified atom stereocenters. The SMILES string of the molecule is Cc1ccnc(N)c1CC#N. The van der Waals surface area contributed by atoms with E-state index in [4.69, 9.17) is 11.0 Å². The molecule has 1 aromatic rings. The van der Waals surface area contributed by atoms with Gasteiger partial charge < -0.3 is 5.73 Å². The Balaban J connectivity index is 3.12. The van der Waals surface area contributed by atoms with Crippen molar-refractivity contribution >= 4 is 5.82 Å². The third kappa shape index (κ3) is 1.47. The number of nitrogens with zero attached hydrogens (tertiary/aromatic N) is 2. The average Bonchev–Trinajstić information content (AvgIpc) is 1.97. The lowest BCUT2D eigenvalue weighted by Crippen LogP contribution is -1.98. The predicted octanol–water partition coefficient (Wildman–Crippen LogP) is 1.04. The molecule has 0 aliphatic carbocycles. The standard InChI is InChI=1S/C8H9N3/c1-6-3-5-11-8(10)7(6)2-4-9/h3,5H,2H2,1H3,(H2,10,11). The molecule has 3 nitrogen and oxygen atoms in total. The fourth-order valence-corrected chi connectivity index (χ4v) is 0.919. The smallest absolute Gasteiger partial charge is 0.127 e. The maximum atomic E-state index is 8.44. The molecule has 0 aromatic carbocycles. The minimum absolute atomic E-state index is 0.339. The van der Waals surface area contributed by atoms with Crippen LogP contribution in [-0.2, 0) is 6.42 Å². The van der Waals surface area contributed by atoms with Crippen molar-refractivity contribution in [3.8, 4) is 6.07 Å². The molecule has 0 radical (unpaired) electrons. The second kappa shape index (κ2) is 3.02. The summed E-state index contributed by atoms with van der Waals surface area (Å²) in [5.74, 6) is 0.464. The van der Waals surface area contributed by atoms with Gasteiger partial charge in [0.15, 0.2) is 0 Å². The Morgan fingerprint density at radius 3 is 3.00 bits per heavy atom. The first kappa shape index (κ1) is 7.55. The quantitative estimate of drug-likeness (QED) is 0.645. The molecule has 0 saturated carbocycles. The molecular weight excluding hydrogens is 138 g/mol. The van der Waals surface area contributed by atoms with Crippen LogP contribution in [0.15, 0.2) is 12.3 Å². The molecule has 0 fully saturated rings. The van der Waals surface area contributed by atoms with Crippen molar-refractivity contribution in [2.45, 2.75) is 13.3 Å². The Hall–Kier alpha value is -1.56. The first-order valence-electron chi connectivity index (χ1n) is 3.32. The molecule has 0 atom stereocenters. The van der Waals surface area contributed by atoms with E-state index >= 15 is 0 Å². The van der Waals surface area contributed by atoms with E-state index in [1.807, 2.05) is 19.1 Å². The molecule has 0 bridgehead atoms. The van der Waals surface area contributed by atoms with Crippen molar-refractivity contribution in [1.82, 2.24) is 4.98 Å². The van der Waals surface area contributed by atoms with Crippen LogP contribution >= 0.6 is 0 Å². The molecule has 0 aliphatic heterocycles. The lowest BCUT2D eigenvalue weighted by molar-refractivity contribution is 1.16. The number of pyridine rings is 1. The van der Waals surface area contributed by atoms with Crippen LogP contribution < -0.4 is 5.73 Å². The van der Waals surface area contributed by atoms with Gasteiger partial charge >= 0.3 is 0 Å². The Morgan fingerprint density at radius 2 is 2.45 bits per heavy atom. The van der Waals surface area contributed by atoms with Crippen LogP contribution in [0.1, 0.15) is 11.1 Å². The summed E-state index contributed by atoms with van der Waals surface area (Å²) in [5.41, 5.74) is 7.41. The molecule has 0 saturated heterocycles. The average molecular weight is 147 g/mol. The van der Waals surface area contributed by atoms with E-state index in [2.05, 4.69) is 4.98 Å². The fraction of sp³-hybridized carbons (Fsp3) is 0.250. The highest BCUT2D eigenvalue weighted by molar-refractivity contribution is 5.45. The van der Waals surface area contributed by atoms with Gasteiger partial charge in [-0.15, -0.1) is 0 Å². The summed E-state index contributed by atoms with van der Waals surface area (Å²) in [6.45, 7) is 1.92. The molecule has 0 amide bonds. The number of aryl methyl sites for hydroxylation is 1. The van der Waals surface area contributed by atoms with Gasteiger partial charge in [0.2, 0.25) is 0 Å². The molecule has 56 valence electrons. The molecule has 11 heavy (non-hydrogen) atoms. The maximum absolute atomic E-state index is 8.44. The van der Waals surface area contributed by atoms with Gasteiger partial charge in [0.05, 0.1) is 12.5 Å². The van der Waals surface area contributed by atoms with E-state index in [1.54, 1.807) is 6.20 Å². The van der Waals surface area contributed by atoms with E-state index in [0.29, 0.717) is 12.2 Å². The summed E-state index contributed by atoms with van der Waals surface area (Å²) < 4.78 is 0. The minimum atomic E-state index is 0.339. The van der Waals surface area contributed by atoms with Gasteiger partial charge in [0.25, 0.3) is 0 Å². The summed E-state index contributed by atoms with van der Waals surface area (Å²) in [6.07, 6.45) is 1.98. The zero-order valence-electron chi connectivity index (χ0n) is 6.33. The Bertz CT molecular complexity index is 278. The van der Waals surface area contributed by atoms with Crippen LogP contribution in [0.4, 0.5) is 5.82 Å². The number of hydrogen-bond donors (Lipinski definition) is 1. The van der Waals surface area contributed by atoms with Gasteiger partial charge in [0, 0.05) is 11.8 Å². The number of nitrogens with two attached hydrogens (primary N) is 1. The Kier molecular flexibility index (Phi) is 2.07. The highest BCUT2D eigenvalue weighted by Gasteiger charge is 2.01. The van der Waals surface area contributed by atoms with Crippen LogP contribution in [0, 0.1) is 18.3 Å². The molecule has 0 spiro atoms. The molecule has 1 rings (SSSR count). The summed E-state index contributed by atoms with van der Waals surface area (Å²) >= 11 is 0. The van der Waals surface area contributed by atoms with Gasteiger partial charge in [-0.2, -0.15) is 5.26 Å². The molecule has 1 heterocycles. The van der Waals surface area contributed by atoms with Crippen molar-refractivity contribution in [3.63, 3.8) is 0 Å². The van der Waals surface area contributed by atoms with E-state index in [-0.39, 0.29) is 0 Å². The number of hydrogen-bond acceptors (Lipinski definition) is 3. The Morgan fingerprint density at radius 1 is 1.73 bits per heavy atom. The predicted molar refractivity (Wildman–Crippen MR) is 42.7 cm³/mol. The number of anilines is 1. The van der Waals surface area contributed by atoms with Crippen LogP contribution in [-0.4, -0.2) is 4.98 Å². The van der Waals surface area contributed by atoms with Crippen LogP contribution in [0.3, 0.4) is 0 Å². The van der Waals surface area contributed by atoms with Gasteiger partial charge in [-0.3, -0.25) is 0 Å². The highest BCUT2D eigenvalue weighted by Crippen LogP contribution is 2.12. The van der Waals surface area contributed by atoms with Crippen molar-refractivity contribution in [2.24, 2.45) is 0 Å². The van der Waals surface area contributed by atoms with Crippen molar-refractivity contribution in [2.75, 3.05) is 5.73 Å². The van der Waals surface area contributed by atoms with Crippen molar-refractivity contribution < 1.29 is 0 Å². The largest absolute Gasteiger partial charge is 0.383 e. The Labute approximate surface area is 65.5 Å². The lowest BCUT2D eigenvalue weighted by Gasteiger charge is -2.02. The van der Waals surface area contributed by atoms with E-state index in [9.17, 15) is 0 Å². The second-order valence-electron chi connectivity index (χ2n) is 2.33. The topological polar surface area (TPSA) is 62.7 Å². The van der Waals surface area contributed by atoms with E-state index in [1.165, 1.54) is 0 Å². The van der Waals surface area contributed by atoms with Gasteiger partial charge in [0.1, 0.15) is 5.82 Å². The molecule has 1 aromatic heterocycles. The molecule has 2 N–H and O–H groups in total. The van der Waals surface area contributed by atoms with Crippen LogP contribution in [0.5, 0.6) is 0 Å².